The van der Waals surface area contributed by atoms with Gasteiger partial charge in [0.1, 0.15) is 5.75 Å². The number of anilines is 1. The second-order valence-electron chi connectivity index (χ2n) is 7.06. The number of hydrogen-bond acceptors (Lipinski definition) is 5. The molecule has 0 aliphatic carbocycles. The molecule has 144 valence electrons. The van der Waals surface area contributed by atoms with Crippen LogP contribution in [0.2, 0.25) is 0 Å². The number of benzene rings is 1. The van der Waals surface area contributed by atoms with Crippen molar-refractivity contribution in [3.8, 4) is 5.75 Å². The Bertz CT molecular complexity index is 760. The molecule has 3 rings (SSSR count). The van der Waals surface area contributed by atoms with Crippen molar-refractivity contribution in [1.82, 2.24) is 9.21 Å². The summed E-state index contributed by atoms with van der Waals surface area (Å²) in [5, 5.41) is 2.88. The topological polar surface area (TPSA) is 79.0 Å². The second kappa shape index (κ2) is 7.94. The lowest BCUT2D eigenvalue weighted by Crippen LogP contribution is -2.38. The van der Waals surface area contributed by atoms with E-state index in [1.165, 1.54) is 23.5 Å². The van der Waals surface area contributed by atoms with Crippen LogP contribution in [0.3, 0.4) is 0 Å². The van der Waals surface area contributed by atoms with Gasteiger partial charge in [-0.2, -0.15) is 4.31 Å². The number of amides is 1. The first-order valence-corrected chi connectivity index (χ1v) is 10.5. The van der Waals surface area contributed by atoms with Crippen LogP contribution in [0, 0.1) is 5.92 Å². The van der Waals surface area contributed by atoms with Gasteiger partial charge in [0.2, 0.25) is 15.9 Å². The van der Waals surface area contributed by atoms with Gasteiger partial charge in [0.25, 0.3) is 0 Å². The summed E-state index contributed by atoms with van der Waals surface area (Å²) < 4.78 is 32.4. The van der Waals surface area contributed by atoms with E-state index in [0.717, 1.165) is 32.2 Å². The second-order valence-corrected chi connectivity index (χ2v) is 9.00. The van der Waals surface area contributed by atoms with Gasteiger partial charge in [-0.15, -0.1) is 0 Å². The number of nitrogens with one attached hydrogen (secondary N) is 1. The van der Waals surface area contributed by atoms with Crippen LogP contribution in [-0.2, 0) is 14.8 Å². The van der Waals surface area contributed by atoms with Crippen molar-refractivity contribution in [3.63, 3.8) is 0 Å². The van der Waals surface area contributed by atoms with E-state index in [-0.39, 0.29) is 16.7 Å². The molecule has 1 aromatic carbocycles. The Morgan fingerprint density at radius 3 is 2.58 bits per heavy atom. The number of nitrogens with zero attached hydrogens (tertiary/aromatic N) is 2. The van der Waals surface area contributed by atoms with E-state index in [4.69, 9.17) is 4.74 Å². The molecular formula is C18H27N3O4S. The molecule has 26 heavy (non-hydrogen) atoms. The minimum absolute atomic E-state index is 0.0921. The number of rotatable bonds is 5. The minimum atomic E-state index is -3.54. The van der Waals surface area contributed by atoms with Crippen molar-refractivity contribution in [1.29, 1.82) is 0 Å². The zero-order valence-electron chi connectivity index (χ0n) is 15.4. The average molecular weight is 381 g/mol. The summed E-state index contributed by atoms with van der Waals surface area (Å²) in [5.41, 5.74) is 0.408. The molecule has 0 saturated carbocycles. The zero-order chi connectivity index (χ0) is 18.7. The molecular weight excluding hydrogens is 354 g/mol. The molecule has 2 aliphatic heterocycles. The van der Waals surface area contributed by atoms with Gasteiger partial charge in [-0.25, -0.2) is 8.42 Å². The number of carbonyl (C=O) groups excluding carboxylic acids is 1. The first-order valence-electron chi connectivity index (χ1n) is 9.09. The summed E-state index contributed by atoms with van der Waals surface area (Å²) in [4.78, 5) is 15.0. The Morgan fingerprint density at radius 2 is 1.92 bits per heavy atom. The molecule has 2 aliphatic rings. The highest BCUT2D eigenvalue weighted by Gasteiger charge is 2.29. The van der Waals surface area contributed by atoms with Crippen LogP contribution >= 0.6 is 0 Å². The first kappa shape index (κ1) is 19.1. The number of piperidine rings is 1. The molecule has 1 N–H and O–H groups in total. The maximum absolute atomic E-state index is 12.8. The molecule has 2 heterocycles. The summed E-state index contributed by atoms with van der Waals surface area (Å²) in [6.45, 7) is 2.80. The SMILES string of the molecule is COc1ccc(S(=O)(=O)N2CCCC2)cc1NC(=O)[C@@H]1CCCN(C)C1. The van der Waals surface area contributed by atoms with Gasteiger partial charge < -0.3 is 15.0 Å². The number of carbonyl (C=O) groups is 1. The van der Waals surface area contributed by atoms with Gasteiger partial charge in [-0.1, -0.05) is 0 Å². The Kier molecular flexibility index (Phi) is 5.84. The van der Waals surface area contributed by atoms with E-state index in [0.29, 0.717) is 31.1 Å². The zero-order valence-corrected chi connectivity index (χ0v) is 16.2. The van der Waals surface area contributed by atoms with Gasteiger partial charge in [0.15, 0.2) is 0 Å². The van der Waals surface area contributed by atoms with Crippen LogP contribution in [0.4, 0.5) is 5.69 Å². The fourth-order valence-corrected chi connectivity index (χ4v) is 5.18. The third kappa shape index (κ3) is 4.02. The molecule has 1 aromatic rings. The van der Waals surface area contributed by atoms with Gasteiger partial charge in [0, 0.05) is 19.6 Å². The summed E-state index contributed by atoms with van der Waals surface area (Å²) >= 11 is 0. The highest BCUT2D eigenvalue weighted by molar-refractivity contribution is 7.89. The van der Waals surface area contributed by atoms with Crippen molar-refractivity contribution in [2.75, 3.05) is 45.7 Å². The molecule has 0 radical (unpaired) electrons. The van der Waals surface area contributed by atoms with Crippen molar-refractivity contribution in [3.05, 3.63) is 18.2 Å². The predicted molar refractivity (Wildman–Crippen MR) is 99.8 cm³/mol. The van der Waals surface area contributed by atoms with E-state index in [2.05, 4.69) is 10.2 Å². The highest BCUT2D eigenvalue weighted by atomic mass is 32.2. The molecule has 2 saturated heterocycles. The lowest BCUT2D eigenvalue weighted by Gasteiger charge is -2.29. The van der Waals surface area contributed by atoms with Crippen LogP contribution in [0.1, 0.15) is 25.7 Å². The molecule has 1 atom stereocenters. The maximum Gasteiger partial charge on any atom is 0.243 e. The lowest BCUT2D eigenvalue weighted by atomic mass is 9.97. The van der Waals surface area contributed by atoms with Crippen LogP contribution in [0.25, 0.3) is 0 Å². The summed E-state index contributed by atoms with van der Waals surface area (Å²) in [7, 11) is -0.0262. The van der Waals surface area contributed by atoms with Crippen molar-refractivity contribution < 1.29 is 17.9 Å². The van der Waals surface area contributed by atoms with E-state index in [9.17, 15) is 13.2 Å². The van der Waals surface area contributed by atoms with Crippen molar-refractivity contribution >= 4 is 21.6 Å². The Labute approximate surface area is 155 Å². The van der Waals surface area contributed by atoms with Gasteiger partial charge in [-0.3, -0.25) is 4.79 Å². The number of sulfonamides is 1. The van der Waals surface area contributed by atoms with Gasteiger partial charge in [-0.05, 0) is 57.5 Å². The molecule has 0 bridgehead atoms. The van der Waals surface area contributed by atoms with Crippen LogP contribution < -0.4 is 10.1 Å². The quantitative estimate of drug-likeness (QED) is 0.841. The van der Waals surface area contributed by atoms with Gasteiger partial charge >= 0.3 is 0 Å². The number of ether oxygens (including phenoxy) is 1. The minimum Gasteiger partial charge on any atom is -0.495 e. The monoisotopic (exact) mass is 381 g/mol. The summed E-state index contributed by atoms with van der Waals surface area (Å²) in [6.07, 6.45) is 3.59. The first-order chi connectivity index (χ1) is 12.4. The van der Waals surface area contributed by atoms with Crippen LogP contribution in [0.15, 0.2) is 23.1 Å². The summed E-state index contributed by atoms with van der Waals surface area (Å²) in [6, 6.07) is 4.65. The van der Waals surface area contributed by atoms with E-state index in [1.54, 1.807) is 6.07 Å². The summed E-state index contributed by atoms with van der Waals surface area (Å²) in [5.74, 6) is 0.269. The molecule has 2 fully saturated rings. The maximum atomic E-state index is 12.8. The largest absolute Gasteiger partial charge is 0.495 e. The van der Waals surface area contributed by atoms with Crippen molar-refractivity contribution in [2.45, 2.75) is 30.6 Å². The highest BCUT2D eigenvalue weighted by Crippen LogP contribution is 2.31. The Hall–Kier alpha value is -1.64. The molecule has 0 spiro atoms. The fourth-order valence-electron chi connectivity index (χ4n) is 3.64. The lowest BCUT2D eigenvalue weighted by molar-refractivity contribution is -0.121. The smallest absolute Gasteiger partial charge is 0.243 e. The third-order valence-electron chi connectivity index (χ3n) is 5.13. The molecule has 1 amide bonds. The average Bonchev–Trinajstić information content (AvgIpc) is 3.17. The number of methoxy groups -OCH3 is 1. The fraction of sp³-hybridized carbons (Fsp3) is 0.611. The standard InChI is InChI=1S/C18H27N3O4S/c1-20-9-5-6-14(13-20)18(22)19-16-12-15(7-8-17(16)25-2)26(23,24)21-10-3-4-11-21/h7-8,12,14H,3-6,9-11,13H2,1-2H3,(H,19,22)/t14-/m1/s1. The molecule has 7 nitrogen and oxygen atoms in total. The van der Waals surface area contributed by atoms with Crippen LogP contribution in [-0.4, -0.2) is 63.9 Å². The van der Waals surface area contributed by atoms with E-state index < -0.39 is 10.0 Å². The normalized spacial score (nSPS) is 22.3. The van der Waals surface area contributed by atoms with Crippen LogP contribution in [0.5, 0.6) is 5.75 Å². The van der Waals surface area contributed by atoms with Gasteiger partial charge in [0.05, 0.1) is 23.6 Å². The predicted octanol–water partition coefficient (Wildman–Crippen LogP) is 1.76. The molecule has 8 heteroatoms. The Morgan fingerprint density at radius 1 is 1.19 bits per heavy atom. The van der Waals surface area contributed by atoms with E-state index in [1.807, 2.05) is 7.05 Å². The molecule has 0 unspecified atom stereocenters. The number of hydrogen-bond donors (Lipinski definition) is 1. The van der Waals surface area contributed by atoms with Crippen molar-refractivity contribution in [2.24, 2.45) is 5.92 Å². The van der Waals surface area contributed by atoms with E-state index >= 15 is 0 Å². The number of likely N-dealkylation sites (tertiary alicyclic amines) is 1. The Balaban J connectivity index is 1.82. The molecule has 0 aromatic heterocycles. The third-order valence-corrected chi connectivity index (χ3v) is 7.02.